The van der Waals surface area contributed by atoms with Crippen molar-refractivity contribution < 1.29 is 13.6 Å². The minimum absolute atomic E-state index is 0.0553. The maximum atomic E-state index is 10.9. The maximum absolute atomic E-state index is 10.9. The van der Waals surface area contributed by atoms with Gasteiger partial charge in [0.1, 0.15) is 0 Å². The lowest BCUT2D eigenvalue weighted by Gasteiger charge is -2.44. The zero-order valence-corrected chi connectivity index (χ0v) is 22.4. The summed E-state index contributed by atoms with van der Waals surface area (Å²) in [6.07, 6.45) is 4.17. The van der Waals surface area contributed by atoms with Crippen LogP contribution in [0.15, 0.2) is 0 Å². The van der Waals surface area contributed by atoms with Crippen LogP contribution in [0.4, 0.5) is 0 Å². The summed E-state index contributed by atoms with van der Waals surface area (Å²) < 4.78 is 12.3. The van der Waals surface area contributed by atoms with Gasteiger partial charge in [0, 0.05) is 18.1 Å². The van der Waals surface area contributed by atoms with E-state index in [1.54, 1.807) is 0 Å². The Balaban J connectivity index is 0.000000291. The second-order valence-electron chi connectivity index (χ2n) is 11.9. The second-order valence-corrected chi connectivity index (χ2v) is 21.4. The highest BCUT2D eigenvalue weighted by Crippen LogP contribution is 2.42. The highest BCUT2D eigenvalue weighted by molar-refractivity contribution is 6.74. The molecule has 168 valence electrons. The Labute approximate surface area is 181 Å². The number of nitrogens with two attached hydrogens (primary N) is 1. The third-order valence-corrected chi connectivity index (χ3v) is 16.4. The van der Waals surface area contributed by atoms with E-state index in [-0.39, 0.29) is 33.9 Å². The van der Waals surface area contributed by atoms with Crippen molar-refractivity contribution >= 4 is 22.5 Å². The first-order valence-corrected chi connectivity index (χ1v) is 16.8. The minimum atomic E-state index is -1.65. The molecule has 2 aliphatic rings. The summed E-state index contributed by atoms with van der Waals surface area (Å²) in [4.78, 5) is 10.9. The number of carbonyl (C=O) groups is 1. The zero-order chi connectivity index (χ0) is 22.8. The molecule has 0 atom stereocenters. The molecule has 0 spiro atoms. The van der Waals surface area contributed by atoms with Gasteiger partial charge in [-0.2, -0.15) is 5.26 Å². The van der Waals surface area contributed by atoms with Crippen LogP contribution in [-0.2, 0) is 13.6 Å². The standard InChI is InChI=1S/C11H23NO2Si.C11H21NOSi/c1-11(2,3)15(4,5)14-9-6-8(7-9)10(12)13;1-11(2,3)14(4,5)13-10-6-9(7-10)8-12/h8-9H,6-7H2,1-5H3,(H2,12,13);9-10H,6-7H2,1-5H3. The van der Waals surface area contributed by atoms with Crippen LogP contribution in [-0.4, -0.2) is 34.7 Å². The topological polar surface area (TPSA) is 85.3 Å². The van der Waals surface area contributed by atoms with E-state index in [2.05, 4.69) is 73.8 Å². The third kappa shape index (κ3) is 7.20. The summed E-state index contributed by atoms with van der Waals surface area (Å²) in [6.45, 7) is 22.4. The van der Waals surface area contributed by atoms with Crippen LogP contribution in [0.1, 0.15) is 67.2 Å². The summed E-state index contributed by atoms with van der Waals surface area (Å²) in [6, 6.07) is 2.29. The van der Waals surface area contributed by atoms with Crippen molar-refractivity contribution in [2.24, 2.45) is 17.6 Å². The minimum Gasteiger partial charge on any atom is -0.414 e. The van der Waals surface area contributed by atoms with E-state index in [0.29, 0.717) is 6.10 Å². The van der Waals surface area contributed by atoms with E-state index >= 15 is 0 Å². The molecule has 7 heteroatoms. The Morgan fingerprint density at radius 2 is 1.21 bits per heavy atom. The van der Waals surface area contributed by atoms with Gasteiger partial charge in [0.15, 0.2) is 16.6 Å². The summed E-state index contributed by atoms with van der Waals surface area (Å²) >= 11 is 0. The molecule has 0 heterocycles. The van der Waals surface area contributed by atoms with Gasteiger partial charge in [-0.3, -0.25) is 4.79 Å². The molecular formula is C22H44N2O3Si2. The number of hydrogen-bond donors (Lipinski definition) is 1. The first-order chi connectivity index (χ1) is 12.9. The van der Waals surface area contributed by atoms with Crippen LogP contribution in [0, 0.1) is 23.2 Å². The van der Waals surface area contributed by atoms with Crippen molar-refractivity contribution in [2.75, 3.05) is 0 Å². The molecule has 0 saturated heterocycles. The Hall–Kier alpha value is -0.686. The largest absolute Gasteiger partial charge is 0.414 e. The van der Waals surface area contributed by atoms with Crippen LogP contribution >= 0.6 is 0 Å². The number of primary amides is 1. The molecule has 0 bridgehead atoms. The van der Waals surface area contributed by atoms with Crippen molar-refractivity contribution in [3.05, 3.63) is 0 Å². The predicted molar refractivity (Wildman–Crippen MR) is 124 cm³/mol. The molecular weight excluding hydrogens is 396 g/mol. The molecule has 1 amide bonds. The molecule has 2 N–H and O–H groups in total. The van der Waals surface area contributed by atoms with Gasteiger partial charge < -0.3 is 14.6 Å². The van der Waals surface area contributed by atoms with Gasteiger partial charge in [0.05, 0.1) is 12.0 Å². The highest BCUT2D eigenvalue weighted by Gasteiger charge is 2.44. The molecule has 2 saturated carbocycles. The molecule has 0 aromatic rings. The van der Waals surface area contributed by atoms with Crippen molar-refractivity contribution in [3.63, 3.8) is 0 Å². The van der Waals surface area contributed by atoms with Crippen LogP contribution in [0.3, 0.4) is 0 Å². The highest BCUT2D eigenvalue weighted by atomic mass is 28.4. The number of amides is 1. The van der Waals surface area contributed by atoms with Gasteiger partial charge in [0.2, 0.25) is 5.91 Å². The average Bonchev–Trinajstić information content (AvgIpc) is 2.43. The van der Waals surface area contributed by atoms with E-state index < -0.39 is 16.6 Å². The van der Waals surface area contributed by atoms with E-state index in [1.165, 1.54) is 0 Å². The second kappa shape index (κ2) is 9.21. The Morgan fingerprint density at radius 1 is 0.862 bits per heavy atom. The lowest BCUT2D eigenvalue weighted by atomic mass is 9.82. The molecule has 0 unspecified atom stereocenters. The maximum Gasteiger partial charge on any atom is 0.220 e. The van der Waals surface area contributed by atoms with Crippen molar-refractivity contribution in [1.29, 1.82) is 5.26 Å². The molecule has 0 radical (unpaired) electrons. The SMILES string of the molecule is CC(C)(C)[Si](C)(C)OC1CC(C#N)C1.CC(C)(C)[Si](C)(C)OC1CC(C(N)=O)C1. The molecule has 2 fully saturated rings. The van der Waals surface area contributed by atoms with Gasteiger partial charge in [0.25, 0.3) is 0 Å². The lowest BCUT2D eigenvalue weighted by molar-refractivity contribution is -0.127. The number of nitriles is 1. The van der Waals surface area contributed by atoms with Gasteiger partial charge >= 0.3 is 0 Å². The van der Waals surface area contributed by atoms with E-state index in [0.717, 1.165) is 25.7 Å². The van der Waals surface area contributed by atoms with Gasteiger partial charge in [-0.25, -0.2) is 0 Å². The summed E-state index contributed by atoms with van der Waals surface area (Å²) in [5.74, 6) is 0.134. The Morgan fingerprint density at radius 3 is 1.48 bits per heavy atom. The molecule has 5 nitrogen and oxygen atoms in total. The Bertz CT molecular complexity index is 603. The molecule has 29 heavy (non-hydrogen) atoms. The fraction of sp³-hybridized carbons (Fsp3) is 0.909. The van der Waals surface area contributed by atoms with Crippen LogP contribution in [0.25, 0.3) is 0 Å². The first-order valence-electron chi connectivity index (χ1n) is 10.9. The summed E-state index contributed by atoms with van der Waals surface area (Å²) in [5.41, 5.74) is 5.23. The number of hydrogen-bond acceptors (Lipinski definition) is 4. The summed E-state index contributed by atoms with van der Waals surface area (Å²) in [7, 11) is -3.24. The fourth-order valence-electron chi connectivity index (χ4n) is 2.85. The van der Waals surface area contributed by atoms with E-state index in [1.807, 2.05) is 0 Å². The zero-order valence-electron chi connectivity index (χ0n) is 20.4. The average molecular weight is 441 g/mol. The third-order valence-electron chi connectivity index (χ3n) is 7.31. The number of rotatable bonds is 5. The molecule has 2 rings (SSSR count). The van der Waals surface area contributed by atoms with Crippen molar-refractivity contribution in [2.45, 2.75) is 116 Å². The monoisotopic (exact) mass is 440 g/mol. The fourth-order valence-corrected chi connectivity index (χ4v) is 5.61. The molecule has 2 aliphatic carbocycles. The molecule has 0 aromatic carbocycles. The quantitative estimate of drug-likeness (QED) is 0.565. The summed E-state index contributed by atoms with van der Waals surface area (Å²) in [5, 5.41) is 9.19. The van der Waals surface area contributed by atoms with Crippen LogP contribution in [0.5, 0.6) is 0 Å². The van der Waals surface area contributed by atoms with E-state index in [9.17, 15) is 4.79 Å². The number of nitrogens with zero attached hydrogens (tertiary/aromatic N) is 1. The van der Waals surface area contributed by atoms with Crippen molar-refractivity contribution in [3.8, 4) is 6.07 Å². The van der Waals surface area contributed by atoms with E-state index in [4.69, 9.17) is 19.8 Å². The molecule has 0 aliphatic heterocycles. The lowest BCUT2D eigenvalue weighted by Crippen LogP contribution is -2.49. The van der Waals surface area contributed by atoms with Gasteiger partial charge in [-0.1, -0.05) is 41.5 Å². The predicted octanol–water partition coefficient (Wildman–Crippen LogP) is 5.58. The molecule has 0 aromatic heterocycles. The first kappa shape index (κ1) is 26.3. The van der Waals surface area contributed by atoms with Crippen molar-refractivity contribution in [1.82, 2.24) is 0 Å². The Kier molecular flexibility index (Phi) is 8.37. The number of carbonyl (C=O) groups excluding carboxylic acids is 1. The van der Waals surface area contributed by atoms with Crippen LogP contribution in [0.2, 0.25) is 36.3 Å². The van der Waals surface area contributed by atoms with Crippen LogP contribution < -0.4 is 5.73 Å². The van der Waals surface area contributed by atoms with Gasteiger partial charge in [-0.05, 0) is 61.9 Å². The smallest absolute Gasteiger partial charge is 0.220 e. The normalized spacial score (nSPS) is 27.6. The van der Waals surface area contributed by atoms with Gasteiger partial charge in [-0.15, -0.1) is 0 Å².